The molecule has 4 heteroatoms. The lowest BCUT2D eigenvalue weighted by Gasteiger charge is -2.30. The maximum absolute atomic E-state index is 13.4. The van der Waals surface area contributed by atoms with Crippen molar-refractivity contribution < 1.29 is 8.78 Å². The third-order valence-corrected chi connectivity index (χ3v) is 3.03. The highest BCUT2D eigenvalue weighted by Crippen LogP contribution is 2.15. The van der Waals surface area contributed by atoms with E-state index in [1.54, 1.807) is 0 Å². The van der Waals surface area contributed by atoms with Crippen molar-refractivity contribution >= 4 is 0 Å². The summed E-state index contributed by atoms with van der Waals surface area (Å²) < 4.78 is 26.3. The van der Waals surface area contributed by atoms with Crippen molar-refractivity contribution in [3.8, 4) is 0 Å². The number of benzene rings is 1. The summed E-state index contributed by atoms with van der Waals surface area (Å²) in [5, 5.41) is 0. The van der Waals surface area contributed by atoms with Crippen LogP contribution in [0, 0.1) is 11.6 Å². The van der Waals surface area contributed by atoms with E-state index < -0.39 is 0 Å². The maximum Gasteiger partial charge on any atom is 0.127 e. The van der Waals surface area contributed by atoms with E-state index in [0.29, 0.717) is 12.1 Å². The third-order valence-electron chi connectivity index (χ3n) is 3.03. The molecule has 2 rings (SSSR count). The lowest BCUT2D eigenvalue weighted by molar-refractivity contribution is 0.203. The molecule has 1 aliphatic heterocycles. The van der Waals surface area contributed by atoms with Crippen molar-refractivity contribution in [2.75, 3.05) is 13.1 Å². The second-order valence-corrected chi connectivity index (χ2v) is 4.35. The molecule has 0 aliphatic carbocycles. The number of hydrogen-bond acceptors (Lipinski definition) is 2. The average molecular weight is 226 g/mol. The van der Waals surface area contributed by atoms with Crippen LogP contribution in [0.25, 0.3) is 0 Å². The van der Waals surface area contributed by atoms with Gasteiger partial charge in [0.25, 0.3) is 0 Å². The Morgan fingerprint density at radius 2 is 1.94 bits per heavy atom. The minimum atomic E-state index is -0.384. The second kappa shape index (κ2) is 4.89. The van der Waals surface area contributed by atoms with Crippen molar-refractivity contribution in [2.45, 2.75) is 25.4 Å². The highest BCUT2D eigenvalue weighted by Gasteiger charge is 2.17. The molecule has 0 unspecified atom stereocenters. The van der Waals surface area contributed by atoms with Gasteiger partial charge in [0.1, 0.15) is 11.6 Å². The Labute approximate surface area is 94.0 Å². The van der Waals surface area contributed by atoms with Crippen molar-refractivity contribution in [1.82, 2.24) is 4.90 Å². The van der Waals surface area contributed by atoms with Gasteiger partial charge in [-0.05, 0) is 44.1 Å². The Balaban J connectivity index is 2.00. The van der Waals surface area contributed by atoms with Crippen LogP contribution in [0.4, 0.5) is 8.78 Å². The monoisotopic (exact) mass is 226 g/mol. The van der Waals surface area contributed by atoms with Gasteiger partial charge in [0, 0.05) is 18.2 Å². The van der Waals surface area contributed by atoms with E-state index in [9.17, 15) is 8.78 Å². The average Bonchev–Trinajstić information content (AvgIpc) is 2.27. The van der Waals surface area contributed by atoms with Gasteiger partial charge < -0.3 is 5.73 Å². The van der Waals surface area contributed by atoms with Crippen LogP contribution < -0.4 is 5.73 Å². The van der Waals surface area contributed by atoms with Gasteiger partial charge in [-0.1, -0.05) is 0 Å². The fourth-order valence-corrected chi connectivity index (χ4v) is 2.02. The quantitative estimate of drug-likeness (QED) is 0.834. The summed E-state index contributed by atoms with van der Waals surface area (Å²) in [5.41, 5.74) is 6.21. The van der Waals surface area contributed by atoms with Gasteiger partial charge >= 0.3 is 0 Å². The molecule has 1 saturated heterocycles. The summed E-state index contributed by atoms with van der Waals surface area (Å²) in [4.78, 5) is 2.11. The van der Waals surface area contributed by atoms with Crippen LogP contribution in [0.15, 0.2) is 18.2 Å². The van der Waals surface area contributed by atoms with Crippen LogP contribution in [-0.4, -0.2) is 24.0 Å². The molecule has 0 atom stereocenters. The number of halogens is 2. The number of rotatable bonds is 2. The number of nitrogens with two attached hydrogens (primary N) is 1. The van der Waals surface area contributed by atoms with Gasteiger partial charge in [-0.2, -0.15) is 0 Å². The van der Waals surface area contributed by atoms with Crippen molar-refractivity contribution in [3.63, 3.8) is 0 Å². The maximum atomic E-state index is 13.4. The van der Waals surface area contributed by atoms with E-state index >= 15 is 0 Å². The number of piperidine rings is 1. The predicted molar refractivity (Wildman–Crippen MR) is 58.8 cm³/mol. The summed E-state index contributed by atoms with van der Waals surface area (Å²) in [5.74, 6) is -0.721. The Bertz CT molecular complexity index is 360. The largest absolute Gasteiger partial charge is 0.328 e. The summed E-state index contributed by atoms with van der Waals surface area (Å²) >= 11 is 0. The molecule has 0 aromatic heterocycles. The molecular formula is C12H16F2N2. The molecule has 2 nitrogen and oxygen atoms in total. The van der Waals surface area contributed by atoms with E-state index in [1.807, 2.05) is 0 Å². The summed E-state index contributed by atoms with van der Waals surface area (Å²) in [6.45, 7) is 2.19. The predicted octanol–water partition coefficient (Wildman–Crippen LogP) is 1.89. The smallest absolute Gasteiger partial charge is 0.127 e. The molecule has 0 radical (unpaired) electrons. The van der Waals surface area contributed by atoms with Crippen LogP contribution in [0.2, 0.25) is 0 Å². The van der Waals surface area contributed by atoms with Gasteiger partial charge in [-0.3, -0.25) is 4.90 Å². The fourth-order valence-electron chi connectivity index (χ4n) is 2.02. The first-order chi connectivity index (χ1) is 7.65. The molecule has 1 aromatic carbocycles. The standard InChI is InChI=1S/C12H16F2N2/c13-10-1-2-12(14)9(7-10)8-16-5-3-11(15)4-6-16/h1-2,7,11H,3-6,8,15H2. The molecule has 0 spiro atoms. The van der Waals surface area contributed by atoms with Crippen molar-refractivity contribution in [3.05, 3.63) is 35.4 Å². The Morgan fingerprint density at radius 1 is 1.25 bits per heavy atom. The van der Waals surface area contributed by atoms with Crippen LogP contribution >= 0.6 is 0 Å². The van der Waals surface area contributed by atoms with E-state index in [0.717, 1.165) is 32.0 Å². The molecule has 88 valence electrons. The van der Waals surface area contributed by atoms with Gasteiger partial charge in [0.15, 0.2) is 0 Å². The minimum Gasteiger partial charge on any atom is -0.328 e. The highest BCUT2D eigenvalue weighted by atomic mass is 19.1. The molecule has 1 heterocycles. The Morgan fingerprint density at radius 3 is 2.62 bits per heavy atom. The van der Waals surface area contributed by atoms with E-state index in [2.05, 4.69) is 4.90 Å². The molecule has 0 amide bonds. The lowest BCUT2D eigenvalue weighted by Crippen LogP contribution is -2.39. The first kappa shape index (κ1) is 11.5. The van der Waals surface area contributed by atoms with Crippen LogP contribution in [0.5, 0.6) is 0 Å². The number of nitrogens with zero attached hydrogens (tertiary/aromatic N) is 1. The summed E-state index contributed by atoms with van der Waals surface area (Å²) in [6.07, 6.45) is 1.86. The highest BCUT2D eigenvalue weighted by molar-refractivity contribution is 5.18. The first-order valence-corrected chi connectivity index (χ1v) is 5.57. The van der Waals surface area contributed by atoms with Gasteiger partial charge in [0.05, 0.1) is 0 Å². The number of hydrogen-bond donors (Lipinski definition) is 1. The SMILES string of the molecule is NC1CCN(Cc2cc(F)ccc2F)CC1. The van der Waals surface area contributed by atoms with E-state index in [4.69, 9.17) is 5.73 Å². The summed E-state index contributed by atoms with van der Waals surface area (Å²) in [6, 6.07) is 3.85. The molecule has 1 aromatic rings. The van der Waals surface area contributed by atoms with Gasteiger partial charge in [-0.15, -0.1) is 0 Å². The Hall–Kier alpha value is -1.00. The zero-order valence-electron chi connectivity index (χ0n) is 9.13. The summed E-state index contributed by atoms with van der Waals surface area (Å²) in [7, 11) is 0. The third kappa shape index (κ3) is 2.77. The van der Waals surface area contributed by atoms with E-state index in [1.165, 1.54) is 12.1 Å². The zero-order chi connectivity index (χ0) is 11.5. The van der Waals surface area contributed by atoms with Crippen LogP contribution in [-0.2, 0) is 6.54 Å². The first-order valence-electron chi connectivity index (χ1n) is 5.57. The molecule has 1 fully saturated rings. The second-order valence-electron chi connectivity index (χ2n) is 4.35. The Kier molecular flexibility index (Phi) is 3.51. The molecule has 16 heavy (non-hydrogen) atoms. The molecular weight excluding hydrogens is 210 g/mol. The van der Waals surface area contributed by atoms with E-state index in [-0.39, 0.29) is 17.7 Å². The lowest BCUT2D eigenvalue weighted by atomic mass is 10.1. The zero-order valence-corrected chi connectivity index (χ0v) is 9.13. The molecule has 0 saturated carbocycles. The van der Waals surface area contributed by atoms with Gasteiger partial charge in [0.2, 0.25) is 0 Å². The fraction of sp³-hybridized carbons (Fsp3) is 0.500. The topological polar surface area (TPSA) is 29.3 Å². The molecule has 2 N–H and O–H groups in total. The van der Waals surface area contributed by atoms with Crippen molar-refractivity contribution in [2.24, 2.45) is 5.73 Å². The normalized spacial score (nSPS) is 18.9. The van der Waals surface area contributed by atoms with Crippen LogP contribution in [0.3, 0.4) is 0 Å². The van der Waals surface area contributed by atoms with Crippen LogP contribution in [0.1, 0.15) is 18.4 Å². The minimum absolute atomic E-state index is 0.258. The molecule has 1 aliphatic rings. The van der Waals surface area contributed by atoms with Gasteiger partial charge in [-0.25, -0.2) is 8.78 Å². The number of likely N-dealkylation sites (tertiary alicyclic amines) is 1. The van der Waals surface area contributed by atoms with Crippen molar-refractivity contribution in [1.29, 1.82) is 0 Å². The molecule has 0 bridgehead atoms.